The zero-order valence-electron chi connectivity index (χ0n) is 12.8. The number of aromatic nitrogens is 2. The van der Waals surface area contributed by atoms with Gasteiger partial charge in [0, 0.05) is 11.6 Å². The van der Waals surface area contributed by atoms with Crippen molar-refractivity contribution in [3.63, 3.8) is 0 Å². The number of amides is 1. The average Bonchev–Trinajstić information content (AvgIpc) is 3.30. The highest BCUT2D eigenvalue weighted by Gasteiger charge is 2.40. The second kappa shape index (κ2) is 6.35. The normalized spacial score (nSPS) is 25.7. The van der Waals surface area contributed by atoms with Crippen molar-refractivity contribution in [3.8, 4) is 11.5 Å². The third-order valence-corrected chi connectivity index (χ3v) is 5.66. The van der Waals surface area contributed by atoms with Crippen LogP contribution in [-0.2, 0) is 4.79 Å². The summed E-state index contributed by atoms with van der Waals surface area (Å²) in [4.78, 5) is 12.1. The average molecular weight is 329 g/mol. The van der Waals surface area contributed by atoms with Crippen LogP contribution in [0.2, 0.25) is 0 Å². The predicted molar refractivity (Wildman–Crippen MR) is 87.8 cm³/mol. The Morgan fingerprint density at radius 3 is 2.83 bits per heavy atom. The molecule has 3 atom stereocenters. The van der Waals surface area contributed by atoms with Crippen LogP contribution in [0.3, 0.4) is 0 Å². The number of carbonyl (C=O) groups is 1. The first-order valence-electron chi connectivity index (χ1n) is 8.09. The minimum absolute atomic E-state index is 0.0620. The Labute approximate surface area is 139 Å². The van der Waals surface area contributed by atoms with Gasteiger partial charge in [-0.2, -0.15) is 0 Å². The molecule has 1 amide bonds. The summed E-state index contributed by atoms with van der Waals surface area (Å²) in [5, 5.41) is 11.6. The third kappa shape index (κ3) is 3.27. The van der Waals surface area contributed by atoms with Crippen molar-refractivity contribution in [3.05, 3.63) is 30.3 Å². The number of nitrogens with one attached hydrogen (secondary N) is 1. The summed E-state index contributed by atoms with van der Waals surface area (Å²) in [7, 11) is 0. The van der Waals surface area contributed by atoms with E-state index in [-0.39, 0.29) is 5.91 Å². The minimum Gasteiger partial charge on any atom is -0.411 e. The molecule has 4 rings (SSSR count). The standard InChI is InChI=1S/C17H19N3O2S/c21-15(18-14-9-11-6-7-13(14)8-11)10-23-17-20-19-16(22-17)12-4-2-1-3-5-12/h1-5,11,13-14H,6-10H2,(H,18,21)/t11-,13+,14+/m0/s1. The van der Waals surface area contributed by atoms with E-state index in [0.29, 0.717) is 28.8 Å². The first kappa shape index (κ1) is 14.8. The highest BCUT2D eigenvalue weighted by Crippen LogP contribution is 2.44. The van der Waals surface area contributed by atoms with Gasteiger partial charge in [0.05, 0.1) is 5.75 Å². The second-order valence-electron chi connectivity index (χ2n) is 6.38. The summed E-state index contributed by atoms with van der Waals surface area (Å²) < 4.78 is 5.60. The van der Waals surface area contributed by atoms with Crippen molar-refractivity contribution in [1.29, 1.82) is 0 Å². The maximum atomic E-state index is 12.1. The molecule has 1 N–H and O–H groups in total. The number of hydrogen-bond acceptors (Lipinski definition) is 5. The molecule has 0 saturated heterocycles. The fourth-order valence-electron chi connectivity index (χ4n) is 3.76. The number of thioether (sulfide) groups is 1. The lowest BCUT2D eigenvalue weighted by Gasteiger charge is -2.22. The Hall–Kier alpha value is -1.82. The summed E-state index contributed by atoms with van der Waals surface area (Å²) in [6.45, 7) is 0. The molecule has 2 aromatic rings. The van der Waals surface area contributed by atoms with Crippen molar-refractivity contribution in [2.24, 2.45) is 11.8 Å². The van der Waals surface area contributed by atoms with Crippen LogP contribution < -0.4 is 5.32 Å². The molecule has 2 aliphatic carbocycles. The lowest BCUT2D eigenvalue weighted by Crippen LogP contribution is -2.39. The van der Waals surface area contributed by atoms with E-state index in [1.807, 2.05) is 30.3 Å². The van der Waals surface area contributed by atoms with E-state index in [1.54, 1.807) is 0 Å². The number of nitrogens with zero attached hydrogens (tertiary/aromatic N) is 2. The maximum Gasteiger partial charge on any atom is 0.277 e. The SMILES string of the molecule is O=C(CSc1nnc(-c2ccccc2)o1)N[C@@H]1C[C@H]2CC[C@@H]1C2. The van der Waals surface area contributed by atoms with E-state index >= 15 is 0 Å². The molecule has 0 unspecified atom stereocenters. The number of hydrogen-bond donors (Lipinski definition) is 1. The first-order valence-corrected chi connectivity index (χ1v) is 9.07. The van der Waals surface area contributed by atoms with E-state index in [4.69, 9.17) is 4.42 Å². The number of benzene rings is 1. The van der Waals surface area contributed by atoms with Gasteiger partial charge in [0.25, 0.3) is 5.22 Å². The molecule has 5 nitrogen and oxygen atoms in total. The van der Waals surface area contributed by atoms with Crippen molar-refractivity contribution >= 4 is 17.7 Å². The second-order valence-corrected chi connectivity index (χ2v) is 7.30. The molecule has 2 fully saturated rings. The fourth-order valence-corrected chi connectivity index (χ4v) is 4.34. The van der Waals surface area contributed by atoms with Crippen LogP contribution in [-0.4, -0.2) is 27.9 Å². The van der Waals surface area contributed by atoms with Crippen molar-refractivity contribution in [2.45, 2.75) is 36.9 Å². The van der Waals surface area contributed by atoms with Gasteiger partial charge in [-0.3, -0.25) is 4.79 Å². The highest BCUT2D eigenvalue weighted by molar-refractivity contribution is 7.99. The van der Waals surface area contributed by atoms with Crippen LogP contribution in [0.5, 0.6) is 0 Å². The Kier molecular flexibility index (Phi) is 4.08. The highest BCUT2D eigenvalue weighted by atomic mass is 32.2. The largest absolute Gasteiger partial charge is 0.411 e. The summed E-state index contributed by atoms with van der Waals surface area (Å²) in [6.07, 6.45) is 5.06. The first-order chi connectivity index (χ1) is 11.3. The van der Waals surface area contributed by atoms with Gasteiger partial charge in [-0.25, -0.2) is 0 Å². The zero-order chi connectivity index (χ0) is 15.6. The van der Waals surface area contributed by atoms with Crippen LogP contribution in [0.25, 0.3) is 11.5 Å². The summed E-state index contributed by atoms with van der Waals surface area (Å²) in [6, 6.07) is 10.0. The Morgan fingerprint density at radius 1 is 1.22 bits per heavy atom. The van der Waals surface area contributed by atoms with Crippen LogP contribution in [0.15, 0.2) is 40.0 Å². The fraction of sp³-hybridized carbons (Fsp3) is 0.471. The molecule has 1 aromatic carbocycles. The molecule has 23 heavy (non-hydrogen) atoms. The van der Waals surface area contributed by atoms with Gasteiger partial charge in [-0.15, -0.1) is 10.2 Å². The molecule has 0 radical (unpaired) electrons. The summed E-state index contributed by atoms with van der Waals surface area (Å²) in [5.74, 6) is 2.41. The topological polar surface area (TPSA) is 68.0 Å². The lowest BCUT2D eigenvalue weighted by molar-refractivity contribution is -0.119. The van der Waals surface area contributed by atoms with Gasteiger partial charge in [0.15, 0.2) is 0 Å². The quantitative estimate of drug-likeness (QED) is 0.854. The number of rotatable bonds is 5. The van der Waals surface area contributed by atoms with Crippen LogP contribution in [0, 0.1) is 11.8 Å². The predicted octanol–water partition coefficient (Wildman–Crippen LogP) is 3.13. The van der Waals surface area contributed by atoms with E-state index < -0.39 is 0 Å². The molecular weight excluding hydrogens is 310 g/mol. The van der Waals surface area contributed by atoms with E-state index in [0.717, 1.165) is 17.9 Å². The molecule has 2 aliphatic rings. The molecule has 2 saturated carbocycles. The van der Waals surface area contributed by atoms with Crippen LogP contribution in [0.1, 0.15) is 25.7 Å². The smallest absolute Gasteiger partial charge is 0.277 e. The zero-order valence-corrected chi connectivity index (χ0v) is 13.6. The number of carbonyl (C=O) groups excluding carboxylic acids is 1. The van der Waals surface area contributed by atoms with Gasteiger partial charge < -0.3 is 9.73 Å². The molecule has 2 bridgehead atoms. The number of fused-ring (bicyclic) bond motifs is 2. The van der Waals surface area contributed by atoms with Crippen LogP contribution >= 0.6 is 11.8 Å². The van der Waals surface area contributed by atoms with Crippen molar-refractivity contribution in [1.82, 2.24) is 15.5 Å². The van der Waals surface area contributed by atoms with Gasteiger partial charge in [-0.05, 0) is 43.2 Å². The Morgan fingerprint density at radius 2 is 2.09 bits per heavy atom. The van der Waals surface area contributed by atoms with Crippen molar-refractivity contribution < 1.29 is 9.21 Å². The molecule has 120 valence electrons. The summed E-state index contributed by atoms with van der Waals surface area (Å²) in [5.41, 5.74) is 0.887. The molecule has 1 heterocycles. The summed E-state index contributed by atoms with van der Waals surface area (Å²) >= 11 is 1.30. The van der Waals surface area contributed by atoms with Gasteiger partial charge in [0.1, 0.15) is 0 Å². The third-order valence-electron chi connectivity index (χ3n) is 4.84. The van der Waals surface area contributed by atoms with E-state index in [9.17, 15) is 4.79 Å². The molecule has 0 spiro atoms. The van der Waals surface area contributed by atoms with Gasteiger partial charge in [-0.1, -0.05) is 36.4 Å². The molecular formula is C17H19N3O2S. The molecule has 6 heteroatoms. The van der Waals surface area contributed by atoms with E-state index in [2.05, 4.69) is 15.5 Å². The van der Waals surface area contributed by atoms with Gasteiger partial charge in [0.2, 0.25) is 11.8 Å². The molecule has 1 aromatic heterocycles. The Bertz CT molecular complexity index is 688. The molecule has 0 aliphatic heterocycles. The maximum absolute atomic E-state index is 12.1. The lowest BCUT2D eigenvalue weighted by atomic mass is 9.95. The van der Waals surface area contributed by atoms with Gasteiger partial charge >= 0.3 is 0 Å². The van der Waals surface area contributed by atoms with Crippen molar-refractivity contribution in [2.75, 3.05) is 5.75 Å². The monoisotopic (exact) mass is 329 g/mol. The Balaban J connectivity index is 1.29. The minimum atomic E-state index is 0.0620. The van der Waals surface area contributed by atoms with Crippen LogP contribution in [0.4, 0.5) is 0 Å². The van der Waals surface area contributed by atoms with E-state index in [1.165, 1.54) is 31.0 Å².